The van der Waals surface area contributed by atoms with Crippen LogP contribution in [0.1, 0.15) is 25.3 Å². The predicted octanol–water partition coefficient (Wildman–Crippen LogP) is 2.32. The second-order valence-electron chi connectivity index (χ2n) is 4.27. The number of rotatable bonds is 4. The molecular formula is C13H18O3. The van der Waals surface area contributed by atoms with Gasteiger partial charge >= 0.3 is 0 Å². The smallest absolute Gasteiger partial charge is 0.128 e. The zero-order valence-electron chi connectivity index (χ0n) is 9.99. The Kier molecular flexibility index (Phi) is 2.80. The third-order valence-electron chi connectivity index (χ3n) is 3.43. The van der Waals surface area contributed by atoms with Crippen LogP contribution in [0.2, 0.25) is 0 Å². The van der Waals surface area contributed by atoms with Crippen LogP contribution in [0, 0.1) is 5.92 Å². The first kappa shape index (κ1) is 11.3. The van der Waals surface area contributed by atoms with Crippen molar-refractivity contribution in [2.24, 2.45) is 5.92 Å². The van der Waals surface area contributed by atoms with E-state index in [4.69, 9.17) is 9.47 Å². The molecule has 0 aliphatic heterocycles. The van der Waals surface area contributed by atoms with Crippen LogP contribution < -0.4 is 9.47 Å². The molecule has 0 heterocycles. The Morgan fingerprint density at radius 2 is 1.88 bits per heavy atom. The number of aliphatic hydroxyl groups is 1. The molecule has 3 nitrogen and oxygen atoms in total. The van der Waals surface area contributed by atoms with Crippen LogP contribution in [0.3, 0.4) is 0 Å². The van der Waals surface area contributed by atoms with Crippen molar-refractivity contribution in [3.63, 3.8) is 0 Å². The van der Waals surface area contributed by atoms with Gasteiger partial charge in [0.25, 0.3) is 0 Å². The van der Waals surface area contributed by atoms with Gasteiger partial charge in [-0.05, 0) is 24.5 Å². The van der Waals surface area contributed by atoms with Gasteiger partial charge in [0.2, 0.25) is 0 Å². The van der Waals surface area contributed by atoms with Gasteiger partial charge in [-0.15, -0.1) is 0 Å². The molecule has 3 heteroatoms. The number of hydrogen-bond acceptors (Lipinski definition) is 3. The first-order chi connectivity index (χ1) is 7.67. The molecule has 1 N–H and O–H groups in total. The zero-order chi connectivity index (χ0) is 11.8. The van der Waals surface area contributed by atoms with Crippen molar-refractivity contribution in [2.75, 3.05) is 14.2 Å². The second-order valence-corrected chi connectivity index (χ2v) is 4.27. The first-order valence-electron chi connectivity index (χ1n) is 5.61. The van der Waals surface area contributed by atoms with E-state index in [-0.39, 0.29) is 0 Å². The highest BCUT2D eigenvalue weighted by Gasteiger charge is 2.55. The van der Waals surface area contributed by atoms with Gasteiger partial charge in [-0.3, -0.25) is 0 Å². The van der Waals surface area contributed by atoms with E-state index in [2.05, 4.69) is 6.92 Å². The van der Waals surface area contributed by atoms with E-state index in [1.54, 1.807) is 14.2 Å². The van der Waals surface area contributed by atoms with Gasteiger partial charge in [0, 0.05) is 0 Å². The largest absolute Gasteiger partial charge is 0.496 e. The molecule has 0 radical (unpaired) electrons. The fraction of sp³-hybridized carbons (Fsp3) is 0.538. The number of benzene rings is 1. The molecule has 1 aromatic carbocycles. The summed E-state index contributed by atoms with van der Waals surface area (Å²) in [5.74, 6) is 1.73. The summed E-state index contributed by atoms with van der Waals surface area (Å²) in [6.45, 7) is 2.09. The molecule has 1 fully saturated rings. The van der Waals surface area contributed by atoms with Crippen LogP contribution in [0.4, 0.5) is 0 Å². The van der Waals surface area contributed by atoms with Crippen molar-refractivity contribution in [2.45, 2.75) is 25.4 Å². The lowest BCUT2D eigenvalue weighted by Crippen LogP contribution is -2.12. The van der Waals surface area contributed by atoms with Crippen LogP contribution in [-0.2, 0) is 5.60 Å². The Morgan fingerprint density at radius 3 is 2.25 bits per heavy atom. The summed E-state index contributed by atoms with van der Waals surface area (Å²) in [4.78, 5) is 0. The van der Waals surface area contributed by atoms with Crippen molar-refractivity contribution in [3.05, 3.63) is 23.8 Å². The molecule has 0 aromatic heterocycles. The van der Waals surface area contributed by atoms with E-state index in [0.717, 1.165) is 18.4 Å². The highest BCUT2D eigenvalue weighted by atomic mass is 16.5. The van der Waals surface area contributed by atoms with Crippen LogP contribution in [0.25, 0.3) is 0 Å². The molecule has 0 amide bonds. The minimum Gasteiger partial charge on any atom is -0.496 e. The van der Waals surface area contributed by atoms with Gasteiger partial charge in [0.05, 0.1) is 19.8 Å². The lowest BCUT2D eigenvalue weighted by molar-refractivity contribution is 0.123. The van der Waals surface area contributed by atoms with E-state index in [0.29, 0.717) is 17.4 Å². The molecule has 1 aromatic rings. The van der Waals surface area contributed by atoms with Gasteiger partial charge < -0.3 is 14.6 Å². The molecule has 1 saturated carbocycles. The Hall–Kier alpha value is -1.22. The predicted molar refractivity (Wildman–Crippen MR) is 61.8 cm³/mol. The molecule has 2 unspecified atom stereocenters. The normalized spacial score (nSPS) is 27.6. The maximum Gasteiger partial charge on any atom is 0.128 e. The van der Waals surface area contributed by atoms with Crippen LogP contribution in [-0.4, -0.2) is 19.3 Å². The van der Waals surface area contributed by atoms with E-state index in [9.17, 15) is 5.11 Å². The second kappa shape index (κ2) is 3.98. The minimum atomic E-state index is -0.757. The zero-order valence-corrected chi connectivity index (χ0v) is 9.99. The van der Waals surface area contributed by atoms with Crippen LogP contribution in [0.15, 0.2) is 18.2 Å². The molecule has 0 saturated heterocycles. The summed E-state index contributed by atoms with van der Waals surface area (Å²) in [5, 5.41) is 10.5. The lowest BCUT2D eigenvalue weighted by Gasteiger charge is -2.18. The topological polar surface area (TPSA) is 38.7 Å². The fourth-order valence-corrected chi connectivity index (χ4v) is 2.38. The van der Waals surface area contributed by atoms with Crippen molar-refractivity contribution in [3.8, 4) is 11.5 Å². The van der Waals surface area contributed by atoms with Gasteiger partial charge in [-0.1, -0.05) is 19.4 Å². The maximum atomic E-state index is 10.5. The van der Waals surface area contributed by atoms with Crippen LogP contribution in [0.5, 0.6) is 11.5 Å². The molecule has 0 spiro atoms. The number of methoxy groups -OCH3 is 2. The molecule has 88 valence electrons. The van der Waals surface area contributed by atoms with Gasteiger partial charge in [-0.25, -0.2) is 0 Å². The summed E-state index contributed by atoms with van der Waals surface area (Å²) < 4.78 is 10.6. The fourth-order valence-electron chi connectivity index (χ4n) is 2.38. The standard InChI is InChI=1S/C13H18O3/c1-4-9-8-13(9,14)12-10(15-2)6-5-7-11(12)16-3/h5-7,9,14H,4,8H2,1-3H3. The van der Waals surface area contributed by atoms with Crippen LogP contribution >= 0.6 is 0 Å². The van der Waals surface area contributed by atoms with Crippen molar-refractivity contribution < 1.29 is 14.6 Å². The van der Waals surface area contributed by atoms with Crippen molar-refractivity contribution in [1.82, 2.24) is 0 Å². The molecule has 2 rings (SSSR count). The van der Waals surface area contributed by atoms with Gasteiger partial charge in [-0.2, -0.15) is 0 Å². The van der Waals surface area contributed by atoms with Crippen molar-refractivity contribution in [1.29, 1.82) is 0 Å². The lowest BCUT2D eigenvalue weighted by atomic mass is 10.0. The first-order valence-corrected chi connectivity index (χ1v) is 5.61. The summed E-state index contributed by atoms with van der Waals surface area (Å²) in [6.07, 6.45) is 1.76. The highest BCUT2D eigenvalue weighted by Crippen LogP contribution is 2.58. The Morgan fingerprint density at radius 1 is 1.31 bits per heavy atom. The Labute approximate surface area is 96.0 Å². The monoisotopic (exact) mass is 222 g/mol. The van der Waals surface area contributed by atoms with E-state index in [1.807, 2.05) is 18.2 Å². The summed E-state index contributed by atoms with van der Waals surface area (Å²) >= 11 is 0. The van der Waals surface area contributed by atoms with E-state index >= 15 is 0 Å². The molecule has 1 aliphatic carbocycles. The average Bonchev–Trinajstić information content (AvgIpc) is 3.00. The van der Waals surface area contributed by atoms with E-state index in [1.165, 1.54) is 0 Å². The third-order valence-corrected chi connectivity index (χ3v) is 3.43. The Bertz CT molecular complexity index is 367. The van der Waals surface area contributed by atoms with Gasteiger partial charge in [0.1, 0.15) is 17.1 Å². The SMILES string of the molecule is CCC1CC1(O)c1c(OC)cccc1OC. The highest BCUT2D eigenvalue weighted by molar-refractivity contribution is 5.51. The summed E-state index contributed by atoms with van der Waals surface area (Å²) in [6, 6.07) is 5.59. The number of hydrogen-bond donors (Lipinski definition) is 1. The summed E-state index contributed by atoms with van der Waals surface area (Å²) in [5.41, 5.74) is 0.0408. The third kappa shape index (κ3) is 1.55. The quantitative estimate of drug-likeness (QED) is 0.849. The van der Waals surface area contributed by atoms with Crippen molar-refractivity contribution >= 4 is 0 Å². The molecule has 16 heavy (non-hydrogen) atoms. The molecular weight excluding hydrogens is 204 g/mol. The minimum absolute atomic E-state index is 0.317. The van der Waals surface area contributed by atoms with Gasteiger partial charge in [0.15, 0.2) is 0 Å². The molecule has 2 atom stereocenters. The average molecular weight is 222 g/mol. The maximum absolute atomic E-state index is 10.5. The molecule has 1 aliphatic rings. The molecule has 0 bridgehead atoms. The number of ether oxygens (including phenoxy) is 2. The Balaban J connectivity index is 2.46. The summed E-state index contributed by atoms with van der Waals surface area (Å²) in [7, 11) is 3.23. The van der Waals surface area contributed by atoms with E-state index < -0.39 is 5.60 Å².